The van der Waals surface area contributed by atoms with Crippen LogP contribution in [0.15, 0.2) is 11.6 Å². The Balaban J connectivity index is 5.32. The van der Waals surface area contributed by atoms with Crippen LogP contribution in [-0.4, -0.2) is 0 Å². The van der Waals surface area contributed by atoms with Gasteiger partial charge in [-0.05, 0) is 66.6 Å². The second kappa shape index (κ2) is 10.7. The first-order chi connectivity index (χ1) is 12.6. The average Bonchev–Trinajstić information content (AvgIpc) is 2.56. The van der Waals surface area contributed by atoms with Gasteiger partial charge in [-0.3, -0.25) is 0 Å². The van der Waals surface area contributed by atoms with Gasteiger partial charge in [-0.25, -0.2) is 0 Å². The predicted octanol–water partition coefficient (Wildman–Crippen LogP) is 10.1. The Labute approximate surface area is 180 Å². The van der Waals surface area contributed by atoms with Gasteiger partial charge >= 0.3 is 0 Å². The van der Waals surface area contributed by atoms with E-state index in [0.29, 0.717) is 27.6 Å². The van der Waals surface area contributed by atoms with Gasteiger partial charge in [0.2, 0.25) is 0 Å². The van der Waals surface area contributed by atoms with Gasteiger partial charge < -0.3 is 0 Å². The van der Waals surface area contributed by atoms with Gasteiger partial charge in [0.05, 0.1) is 0 Å². The summed E-state index contributed by atoms with van der Waals surface area (Å²) in [5.41, 5.74) is 2.99. The van der Waals surface area contributed by atoms with Gasteiger partial charge in [0.15, 0.2) is 0 Å². The summed E-state index contributed by atoms with van der Waals surface area (Å²) in [4.78, 5) is 0. The average molecular weight is 393 g/mol. The predicted molar refractivity (Wildman–Crippen MR) is 131 cm³/mol. The van der Waals surface area contributed by atoms with E-state index in [1.54, 1.807) is 5.57 Å². The lowest BCUT2D eigenvalue weighted by atomic mass is 9.56. The van der Waals surface area contributed by atoms with Crippen LogP contribution in [0.3, 0.4) is 0 Å². The molecule has 0 spiro atoms. The minimum Gasteiger partial charge on any atom is -0.0884 e. The summed E-state index contributed by atoms with van der Waals surface area (Å²) in [7, 11) is 0. The summed E-state index contributed by atoms with van der Waals surface area (Å²) < 4.78 is 0. The van der Waals surface area contributed by atoms with Crippen molar-refractivity contribution < 1.29 is 0 Å². The summed E-state index contributed by atoms with van der Waals surface area (Å²) in [5, 5.41) is 0. The van der Waals surface area contributed by atoms with Crippen molar-refractivity contribution in [1.29, 1.82) is 0 Å². The maximum absolute atomic E-state index is 2.53. The van der Waals surface area contributed by atoms with E-state index in [4.69, 9.17) is 0 Å². The van der Waals surface area contributed by atoms with Crippen LogP contribution >= 0.6 is 0 Å². The van der Waals surface area contributed by atoms with Crippen molar-refractivity contribution in [1.82, 2.24) is 0 Å². The molecule has 0 aromatic carbocycles. The van der Waals surface area contributed by atoms with Gasteiger partial charge in [-0.15, -0.1) is 0 Å². The second-order valence-corrected chi connectivity index (χ2v) is 12.3. The lowest BCUT2D eigenvalue weighted by Crippen LogP contribution is -2.40. The minimum atomic E-state index is 0.319. The van der Waals surface area contributed by atoms with Crippen molar-refractivity contribution in [3.8, 4) is 0 Å². The maximum atomic E-state index is 2.53. The molecule has 0 N–H and O–H groups in total. The Bertz CT molecular complexity index is 467. The molecule has 2 unspecified atom stereocenters. The lowest BCUT2D eigenvalue weighted by Gasteiger charge is -2.49. The van der Waals surface area contributed by atoms with E-state index in [-0.39, 0.29) is 0 Å². The van der Waals surface area contributed by atoms with Crippen molar-refractivity contribution in [2.75, 3.05) is 0 Å². The van der Waals surface area contributed by atoms with Crippen LogP contribution in [0.2, 0.25) is 0 Å². The highest BCUT2D eigenvalue weighted by Crippen LogP contribution is 2.53. The molecule has 0 aromatic rings. The third-order valence-corrected chi connectivity index (χ3v) is 9.14. The molecule has 0 rings (SSSR count). The third kappa shape index (κ3) is 6.63. The van der Waals surface area contributed by atoms with Crippen LogP contribution in [0, 0.1) is 33.5 Å². The molecule has 0 heterocycles. The quantitative estimate of drug-likeness (QED) is 0.290. The molecule has 0 radical (unpaired) electrons. The fourth-order valence-electron chi connectivity index (χ4n) is 5.06. The number of allylic oxidation sites excluding steroid dienone is 2. The van der Waals surface area contributed by atoms with E-state index >= 15 is 0 Å². The number of hydrogen-bond donors (Lipinski definition) is 0. The zero-order valence-electron chi connectivity index (χ0n) is 22.2. The number of hydrogen-bond acceptors (Lipinski definition) is 0. The molecule has 28 heavy (non-hydrogen) atoms. The van der Waals surface area contributed by atoms with E-state index in [1.165, 1.54) is 44.9 Å². The van der Waals surface area contributed by atoms with Crippen molar-refractivity contribution in [2.45, 2.75) is 135 Å². The molecule has 0 aliphatic rings. The summed E-state index contributed by atoms with van der Waals surface area (Å²) in [6.07, 6.45) is 11.7. The number of rotatable bonds is 12. The summed E-state index contributed by atoms with van der Waals surface area (Å²) >= 11 is 0. The zero-order valence-corrected chi connectivity index (χ0v) is 22.2. The Hall–Kier alpha value is -0.260. The van der Waals surface area contributed by atoms with E-state index in [2.05, 4.69) is 96.1 Å². The standard InChI is InChI=1S/C28H56/c1-14-18-23(27(10,11)25(5,6)7)20-17-21-26(8,9)28(12,13)24(19-15-2)22(4)16-3/h16,23-24H,14-15,17-21H2,1-13H3. The van der Waals surface area contributed by atoms with Crippen molar-refractivity contribution >= 4 is 0 Å². The smallest absolute Gasteiger partial charge is 0.0150 e. The largest absolute Gasteiger partial charge is 0.0884 e. The SMILES string of the molecule is CC=C(C)C(CCC)C(C)(C)C(C)(C)CCCC(CCC)C(C)(C)C(C)(C)C. The minimum absolute atomic E-state index is 0.319. The molecule has 0 amide bonds. The topological polar surface area (TPSA) is 0 Å². The highest BCUT2D eigenvalue weighted by molar-refractivity contribution is 5.09. The Kier molecular flexibility index (Phi) is 10.6. The molecule has 0 heteroatoms. The Morgan fingerprint density at radius 2 is 1.25 bits per heavy atom. The molecule has 0 aliphatic carbocycles. The molecular weight excluding hydrogens is 336 g/mol. The van der Waals surface area contributed by atoms with Crippen LogP contribution in [0.4, 0.5) is 0 Å². The van der Waals surface area contributed by atoms with E-state index in [9.17, 15) is 0 Å². The fourth-order valence-corrected chi connectivity index (χ4v) is 5.06. The van der Waals surface area contributed by atoms with Crippen molar-refractivity contribution in [3.05, 3.63) is 11.6 Å². The van der Waals surface area contributed by atoms with Gasteiger partial charge in [-0.1, -0.05) is 113 Å². The molecule has 2 atom stereocenters. The van der Waals surface area contributed by atoms with Crippen LogP contribution in [0.1, 0.15) is 135 Å². The van der Waals surface area contributed by atoms with Crippen LogP contribution in [-0.2, 0) is 0 Å². The Morgan fingerprint density at radius 1 is 0.750 bits per heavy atom. The highest BCUT2D eigenvalue weighted by atomic mass is 14.5. The van der Waals surface area contributed by atoms with E-state index in [0.717, 1.165) is 5.92 Å². The summed E-state index contributed by atoms with van der Waals surface area (Å²) in [6, 6.07) is 0. The van der Waals surface area contributed by atoms with Crippen LogP contribution in [0.5, 0.6) is 0 Å². The molecule has 0 bridgehead atoms. The van der Waals surface area contributed by atoms with Gasteiger partial charge in [0, 0.05) is 0 Å². The monoisotopic (exact) mass is 392 g/mol. The van der Waals surface area contributed by atoms with Gasteiger partial charge in [-0.2, -0.15) is 0 Å². The fraction of sp³-hybridized carbons (Fsp3) is 0.929. The first-order valence-electron chi connectivity index (χ1n) is 12.2. The van der Waals surface area contributed by atoms with Crippen molar-refractivity contribution in [3.63, 3.8) is 0 Å². The first-order valence-corrected chi connectivity index (χ1v) is 12.2. The zero-order chi connectivity index (χ0) is 22.4. The molecule has 0 fully saturated rings. The second-order valence-electron chi connectivity index (χ2n) is 12.3. The molecule has 168 valence electrons. The third-order valence-electron chi connectivity index (χ3n) is 9.14. The molecule has 0 nitrogen and oxygen atoms in total. The molecule has 0 aliphatic heterocycles. The Morgan fingerprint density at radius 3 is 1.64 bits per heavy atom. The van der Waals surface area contributed by atoms with Crippen LogP contribution < -0.4 is 0 Å². The normalized spacial score (nSPS) is 17.0. The summed E-state index contributed by atoms with van der Waals surface area (Å²) in [5.74, 6) is 1.51. The molecule has 0 saturated carbocycles. The van der Waals surface area contributed by atoms with Gasteiger partial charge in [0.25, 0.3) is 0 Å². The van der Waals surface area contributed by atoms with Crippen molar-refractivity contribution in [2.24, 2.45) is 33.5 Å². The first kappa shape index (κ1) is 27.7. The van der Waals surface area contributed by atoms with E-state index < -0.39 is 0 Å². The lowest BCUT2D eigenvalue weighted by molar-refractivity contribution is 0.0222. The molecular formula is C28H56. The van der Waals surface area contributed by atoms with Crippen LogP contribution in [0.25, 0.3) is 0 Å². The molecule has 0 saturated heterocycles. The maximum Gasteiger partial charge on any atom is -0.0150 e. The molecule has 0 aromatic heterocycles. The van der Waals surface area contributed by atoms with Gasteiger partial charge in [0.1, 0.15) is 0 Å². The van der Waals surface area contributed by atoms with E-state index in [1.807, 2.05) is 0 Å². The highest BCUT2D eigenvalue weighted by Gasteiger charge is 2.43. The summed E-state index contributed by atoms with van der Waals surface area (Å²) in [6.45, 7) is 31.7.